The Morgan fingerprint density at radius 1 is 1.32 bits per heavy atom. The molecule has 100 valence electrons. The number of hydrogen-bond donors (Lipinski definition) is 1. The fourth-order valence-corrected chi connectivity index (χ4v) is 3.58. The van der Waals surface area contributed by atoms with Gasteiger partial charge in [0.05, 0.1) is 18.5 Å². The van der Waals surface area contributed by atoms with Crippen molar-refractivity contribution in [2.75, 3.05) is 18.0 Å². The summed E-state index contributed by atoms with van der Waals surface area (Å²) in [5, 5.41) is 0. The normalized spacial score (nSPS) is 20.7. The highest BCUT2D eigenvalue weighted by molar-refractivity contribution is 7.94. The van der Waals surface area contributed by atoms with Crippen LogP contribution in [0.2, 0.25) is 0 Å². The molecule has 19 heavy (non-hydrogen) atoms. The van der Waals surface area contributed by atoms with E-state index in [0.717, 1.165) is 25.1 Å². The van der Waals surface area contributed by atoms with Gasteiger partial charge >= 0.3 is 0 Å². The Balaban J connectivity index is 1.93. The second kappa shape index (κ2) is 4.38. The van der Waals surface area contributed by atoms with Crippen LogP contribution in [0.15, 0.2) is 39.3 Å². The number of anilines is 1. The van der Waals surface area contributed by atoms with Crippen LogP contribution in [-0.2, 0) is 16.4 Å². The zero-order chi connectivity index (χ0) is 13.5. The van der Waals surface area contributed by atoms with E-state index >= 15 is 0 Å². The molecule has 0 aromatic heterocycles. The maximum absolute atomic E-state index is 11.8. The third-order valence-electron chi connectivity index (χ3n) is 3.50. The second-order valence-corrected chi connectivity index (χ2v) is 6.40. The molecule has 0 atom stereocenters. The summed E-state index contributed by atoms with van der Waals surface area (Å²) in [6.07, 6.45) is 3.27. The molecule has 0 saturated heterocycles. The average molecular weight is 277 g/mol. The molecule has 1 aromatic carbocycles. The summed E-state index contributed by atoms with van der Waals surface area (Å²) in [5.74, 6) is 0. The summed E-state index contributed by atoms with van der Waals surface area (Å²) in [5.41, 5.74) is 8.32. The van der Waals surface area contributed by atoms with Crippen LogP contribution in [0.3, 0.4) is 0 Å². The number of nitrogens with two attached hydrogens (primary N) is 1. The van der Waals surface area contributed by atoms with Crippen molar-refractivity contribution in [1.29, 1.82) is 0 Å². The standard InChI is InChI=1S/C13H15N3O2S/c14-11-8-15-19(17,18)13(11)9-16-7-3-5-10-4-1-2-6-12(10)16/h1-2,4,6,8H,3,5,7,9,14H2. The summed E-state index contributed by atoms with van der Waals surface area (Å²) >= 11 is 0. The fraction of sp³-hybridized carbons (Fsp3) is 0.308. The summed E-state index contributed by atoms with van der Waals surface area (Å²) < 4.78 is 27.1. The minimum Gasteiger partial charge on any atom is -0.397 e. The van der Waals surface area contributed by atoms with Crippen molar-refractivity contribution in [1.82, 2.24) is 0 Å². The fourth-order valence-electron chi connectivity index (χ4n) is 2.53. The predicted molar refractivity (Wildman–Crippen MR) is 75.6 cm³/mol. The van der Waals surface area contributed by atoms with Crippen molar-refractivity contribution >= 4 is 21.9 Å². The van der Waals surface area contributed by atoms with Gasteiger partial charge in [-0.05, 0) is 24.5 Å². The minimum atomic E-state index is -3.56. The van der Waals surface area contributed by atoms with Crippen molar-refractivity contribution in [3.63, 3.8) is 0 Å². The molecule has 2 heterocycles. The number of allylic oxidation sites excluding steroid dienone is 1. The van der Waals surface area contributed by atoms with Gasteiger partial charge in [0, 0.05) is 12.2 Å². The second-order valence-electron chi connectivity index (χ2n) is 4.74. The van der Waals surface area contributed by atoms with Gasteiger partial charge in [0.2, 0.25) is 0 Å². The molecule has 0 amide bonds. The van der Waals surface area contributed by atoms with Gasteiger partial charge in [0.15, 0.2) is 0 Å². The molecule has 0 aliphatic carbocycles. The van der Waals surface area contributed by atoms with E-state index in [-0.39, 0.29) is 10.6 Å². The monoisotopic (exact) mass is 277 g/mol. The minimum absolute atomic E-state index is 0.212. The molecule has 6 heteroatoms. The lowest BCUT2D eigenvalue weighted by Gasteiger charge is -2.31. The highest BCUT2D eigenvalue weighted by Gasteiger charge is 2.28. The van der Waals surface area contributed by atoms with Gasteiger partial charge in [-0.25, -0.2) is 0 Å². The molecular weight excluding hydrogens is 262 g/mol. The van der Waals surface area contributed by atoms with E-state index in [1.54, 1.807) is 0 Å². The molecule has 1 aromatic rings. The molecule has 0 spiro atoms. The molecule has 0 saturated carbocycles. The molecule has 2 N–H and O–H groups in total. The van der Waals surface area contributed by atoms with Crippen molar-refractivity contribution in [2.24, 2.45) is 10.1 Å². The number of hydrogen-bond acceptors (Lipinski definition) is 4. The molecule has 0 unspecified atom stereocenters. The number of benzene rings is 1. The van der Waals surface area contributed by atoms with E-state index < -0.39 is 10.0 Å². The van der Waals surface area contributed by atoms with Crippen LogP contribution >= 0.6 is 0 Å². The maximum atomic E-state index is 11.8. The molecular formula is C13H15N3O2S. The van der Waals surface area contributed by atoms with Crippen molar-refractivity contribution in [3.05, 3.63) is 40.4 Å². The quantitative estimate of drug-likeness (QED) is 0.876. The Morgan fingerprint density at radius 2 is 2.11 bits per heavy atom. The number of para-hydroxylation sites is 1. The lowest BCUT2D eigenvalue weighted by Crippen LogP contribution is -2.32. The van der Waals surface area contributed by atoms with E-state index in [1.165, 1.54) is 11.8 Å². The summed E-state index contributed by atoms with van der Waals surface area (Å²) in [4.78, 5) is 2.27. The largest absolute Gasteiger partial charge is 0.397 e. The molecule has 2 aliphatic heterocycles. The predicted octanol–water partition coefficient (Wildman–Crippen LogP) is 1.02. The van der Waals surface area contributed by atoms with Crippen LogP contribution in [0.25, 0.3) is 0 Å². The summed E-state index contributed by atoms with van der Waals surface area (Å²) in [6.45, 7) is 1.13. The first kappa shape index (κ1) is 12.2. The van der Waals surface area contributed by atoms with E-state index in [1.807, 2.05) is 18.2 Å². The molecule has 0 radical (unpaired) electrons. The summed E-state index contributed by atoms with van der Waals surface area (Å²) in [6, 6.07) is 8.08. The Morgan fingerprint density at radius 3 is 2.84 bits per heavy atom. The highest BCUT2D eigenvalue weighted by atomic mass is 32.2. The topological polar surface area (TPSA) is 75.8 Å². The Labute approximate surface area is 112 Å². The Bertz CT molecular complexity index is 677. The molecule has 0 fully saturated rings. The Kier molecular flexibility index (Phi) is 2.82. The highest BCUT2D eigenvalue weighted by Crippen LogP contribution is 2.29. The average Bonchev–Trinajstić information content (AvgIpc) is 2.66. The van der Waals surface area contributed by atoms with Crippen LogP contribution in [0.1, 0.15) is 12.0 Å². The van der Waals surface area contributed by atoms with Gasteiger partial charge in [-0.2, -0.15) is 12.8 Å². The molecule has 3 rings (SSSR count). The number of aryl methyl sites for hydroxylation is 1. The lowest BCUT2D eigenvalue weighted by molar-refractivity contribution is 0.602. The SMILES string of the molecule is NC1=C(CN2CCCc3ccccc32)S(=O)(=O)N=C1. The smallest absolute Gasteiger partial charge is 0.282 e. The van der Waals surface area contributed by atoms with Crippen LogP contribution < -0.4 is 10.6 Å². The van der Waals surface area contributed by atoms with Crippen LogP contribution in [0.4, 0.5) is 5.69 Å². The third-order valence-corrected chi connectivity index (χ3v) is 4.88. The van der Waals surface area contributed by atoms with Gasteiger partial charge in [-0.15, -0.1) is 0 Å². The van der Waals surface area contributed by atoms with E-state index in [9.17, 15) is 8.42 Å². The zero-order valence-electron chi connectivity index (χ0n) is 10.4. The first-order valence-corrected chi connectivity index (χ1v) is 7.64. The van der Waals surface area contributed by atoms with Gasteiger partial charge in [0.1, 0.15) is 4.91 Å². The Hall–Kier alpha value is -1.82. The number of rotatable bonds is 2. The van der Waals surface area contributed by atoms with Gasteiger partial charge in [0.25, 0.3) is 10.0 Å². The van der Waals surface area contributed by atoms with Crippen molar-refractivity contribution < 1.29 is 8.42 Å². The molecule has 0 bridgehead atoms. The summed E-state index contributed by atoms with van der Waals surface area (Å²) in [7, 11) is -3.56. The molecule has 5 nitrogen and oxygen atoms in total. The number of nitrogens with zero attached hydrogens (tertiary/aromatic N) is 2. The van der Waals surface area contributed by atoms with Crippen molar-refractivity contribution in [2.45, 2.75) is 12.8 Å². The maximum Gasteiger partial charge on any atom is 0.282 e. The van der Waals surface area contributed by atoms with E-state index in [0.29, 0.717) is 6.54 Å². The van der Waals surface area contributed by atoms with Gasteiger partial charge in [-0.1, -0.05) is 18.2 Å². The molecule has 2 aliphatic rings. The van der Waals surface area contributed by atoms with Crippen LogP contribution in [-0.4, -0.2) is 27.7 Å². The van der Waals surface area contributed by atoms with Crippen molar-refractivity contribution in [3.8, 4) is 0 Å². The number of fused-ring (bicyclic) bond motifs is 1. The third kappa shape index (κ3) is 2.12. The van der Waals surface area contributed by atoms with E-state index in [4.69, 9.17) is 5.73 Å². The zero-order valence-corrected chi connectivity index (χ0v) is 11.2. The first-order chi connectivity index (χ1) is 9.08. The van der Waals surface area contributed by atoms with E-state index in [2.05, 4.69) is 15.4 Å². The number of sulfonamides is 1. The van der Waals surface area contributed by atoms with Gasteiger partial charge in [-0.3, -0.25) is 0 Å². The van der Waals surface area contributed by atoms with Gasteiger partial charge < -0.3 is 10.6 Å². The lowest BCUT2D eigenvalue weighted by atomic mass is 10.0. The van der Waals surface area contributed by atoms with Crippen LogP contribution in [0.5, 0.6) is 0 Å². The van der Waals surface area contributed by atoms with Crippen LogP contribution in [0, 0.1) is 0 Å². The first-order valence-electron chi connectivity index (χ1n) is 6.20.